The Morgan fingerprint density at radius 1 is 0.895 bits per heavy atom. The number of rotatable bonds is 10. The molecule has 0 bridgehead atoms. The Kier molecular flexibility index (Phi) is 7.77. The minimum atomic E-state index is 0.586. The lowest BCUT2D eigenvalue weighted by Crippen LogP contribution is -2.25. The van der Waals surface area contributed by atoms with Crippen LogP contribution in [-0.4, -0.2) is 47.1 Å². The van der Waals surface area contributed by atoms with Crippen molar-refractivity contribution in [3.05, 3.63) is 18.2 Å². The van der Waals surface area contributed by atoms with E-state index in [0.717, 1.165) is 43.6 Å². The van der Waals surface area contributed by atoms with E-state index in [1.807, 2.05) is 25.1 Å². The zero-order chi connectivity index (χ0) is 13.9. The van der Waals surface area contributed by atoms with E-state index >= 15 is 0 Å². The summed E-state index contributed by atoms with van der Waals surface area (Å²) in [6.45, 7) is 5.65. The van der Waals surface area contributed by atoms with E-state index in [1.165, 1.54) is 0 Å². The molecule has 0 fully saturated rings. The van der Waals surface area contributed by atoms with Crippen LogP contribution in [0.5, 0.6) is 17.2 Å². The Balaban J connectivity index is 2.28. The topological polar surface area (TPSA) is 49.0 Å². The molecule has 0 heterocycles. The third kappa shape index (κ3) is 6.31. The maximum Gasteiger partial charge on any atom is 0.126 e. The highest BCUT2D eigenvalue weighted by molar-refractivity contribution is 5.41. The Hall–Kier alpha value is -1.46. The summed E-state index contributed by atoms with van der Waals surface area (Å²) in [5.74, 6) is 2.18. The summed E-state index contributed by atoms with van der Waals surface area (Å²) in [7, 11) is 3.24. The molecule has 1 aromatic rings. The molecule has 0 aromatic heterocycles. The SMILES string of the molecule is CCOCCNCCOc1cc(OC)cc(OC)c1. The monoisotopic (exact) mass is 269 g/mol. The quantitative estimate of drug-likeness (QED) is 0.655. The van der Waals surface area contributed by atoms with Crippen molar-refractivity contribution in [2.45, 2.75) is 6.92 Å². The van der Waals surface area contributed by atoms with Gasteiger partial charge < -0.3 is 24.3 Å². The molecule has 5 heteroatoms. The maximum absolute atomic E-state index is 5.63. The van der Waals surface area contributed by atoms with E-state index < -0.39 is 0 Å². The number of nitrogens with one attached hydrogen (secondary N) is 1. The molecule has 0 aliphatic rings. The van der Waals surface area contributed by atoms with Gasteiger partial charge in [0.05, 0.1) is 20.8 Å². The second-order valence-corrected chi connectivity index (χ2v) is 3.84. The van der Waals surface area contributed by atoms with Crippen molar-refractivity contribution >= 4 is 0 Å². The van der Waals surface area contributed by atoms with E-state index in [4.69, 9.17) is 18.9 Å². The van der Waals surface area contributed by atoms with Gasteiger partial charge in [-0.3, -0.25) is 0 Å². The maximum atomic E-state index is 5.63. The Bertz CT molecular complexity index is 335. The average molecular weight is 269 g/mol. The van der Waals surface area contributed by atoms with Crippen LogP contribution in [-0.2, 0) is 4.74 Å². The second-order valence-electron chi connectivity index (χ2n) is 3.84. The van der Waals surface area contributed by atoms with E-state index in [9.17, 15) is 0 Å². The predicted molar refractivity (Wildman–Crippen MR) is 74.4 cm³/mol. The molecular weight excluding hydrogens is 246 g/mol. The molecule has 108 valence electrons. The smallest absolute Gasteiger partial charge is 0.126 e. The van der Waals surface area contributed by atoms with Gasteiger partial charge in [-0.25, -0.2) is 0 Å². The minimum Gasteiger partial charge on any atom is -0.496 e. The Labute approximate surface area is 114 Å². The van der Waals surface area contributed by atoms with Crippen LogP contribution >= 0.6 is 0 Å². The van der Waals surface area contributed by atoms with Crippen molar-refractivity contribution in [1.82, 2.24) is 5.32 Å². The summed E-state index contributed by atoms with van der Waals surface area (Å²) < 4.78 is 21.2. The molecular formula is C14H23NO4. The van der Waals surface area contributed by atoms with Crippen LogP contribution in [0.25, 0.3) is 0 Å². The lowest BCUT2D eigenvalue weighted by molar-refractivity contribution is 0.148. The van der Waals surface area contributed by atoms with Gasteiger partial charge in [-0.15, -0.1) is 0 Å². The van der Waals surface area contributed by atoms with Gasteiger partial charge in [-0.1, -0.05) is 0 Å². The molecule has 0 unspecified atom stereocenters. The fourth-order valence-corrected chi connectivity index (χ4v) is 1.52. The first kappa shape index (κ1) is 15.6. The molecule has 1 rings (SSSR count). The molecule has 1 aromatic carbocycles. The summed E-state index contributed by atoms with van der Waals surface area (Å²) in [6.07, 6.45) is 0. The zero-order valence-electron chi connectivity index (χ0n) is 11.9. The average Bonchev–Trinajstić information content (AvgIpc) is 2.45. The molecule has 0 atom stereocenters. The lowest BCUT2D eigenvalue weighted by atomic mass is 10.3. The molecule has 0 radical (unpaired) electrons. The van der Waals surface area contributed by atoms with Crippen LogP contribution in [0.4, 0.5) is 0 Å². The van der Waals surface area contributed by atoms with Crippen molar-refractivity contribution in [2.24, 2.45) is 0 Å². The Morgan fingerprint density at radius 3 is 2.05 bits per heavy atom. The molecule has 5 nitrogen and oxygen atoms in total. The highest BCUT2D eigenvalue weighted by atomic mass is 16.5. The molecule has 0 aliphatic carbocycles. The second kappa shape index (κ2) is 9.47. The largest absolute Gasteiger partial charge is 0.496 e. The van der Waals surface area contributed by atoms with Crippen LogP contribution in [0.2, 0.25) is 0 Å². The van der Waals surface area contributed by atoms with Gasteiger partial charge in [0.2, 0.25) is 0 Å². The number of hydrogen-bond acceptors (Lipinski definition) is 5. The molecule has 1 N–H and O–H groups in total. The van der Waals surface area contributed by atoms with E-state index in [0.29, 0.717) is 6.61 Å². The summed E-state index contributed by atoms with van der Waals surface area (Å²) in [5.41, 5.74) is 0. The van der Waals surface area contributed by atoms with Crippen LogP contribution in [0.3, 0.4) is 0 Å². The molecule has 0 spiro atoms. The molecule has 0 amide bonds. The van der Waals surface area contributed by atoms with Crippen LogP contribution in [0, 0.1) is 0 Å². The van der Waals surface area contributed by atoms with Gasteiger partial charge in [0.1, 0.15) is 23.9 Å². The number of methoxy groups -OCH3 is 2. The van der Waals surface area contributed by atoms with Gasteiger partial charge in [0.15, 0.2) is 0 Å². The third-order valence-corrected chi connectivity index (χ3v) is 2.50. The summed E-state index contributed by atoms with van der Waals surface area (Å²) in [5, 5.41) is 3.24. The number of hydrogen-bond donors (Lipinski definition) is 1. The van der Waals surface area contributed by atoms with Gasteiger partial charge in [-0.2, -0.15) is 0 Å². The summed E-state index contributed by atoms with van der Waals surface area (Å²) in [4.78, 5) is 0. The first-order valence-electron chi connectivity index (χ1n) is 6.44. The number of benzene rings is 1. The Morgan fingerprint density at radius 2 is 1.47 bits per heavy atom. The van der Waals surface area contributed by atoms with Crippen molar-refractivity contribution in [3.63, 3.8) is 0 Å². The first-order valence-corrected chi connectivity index (χ1v) is 6.44. The van der Waals surface area contributed by atoms with E-state index in [-0.39, 0.29) is 0 Å². The van der Waals surface area contributed by atoms with Gasteiger partial charge in [0.25, 0.3) is 0 Å². The van der Waals surface area contributed by atoms with Crippen LogP contribution in [0.1, 0.15) is 6.92 Å². The molecule has 0 saturated heterocycles. The minimum absolute atomic E-state index is 0.586. The highest BCUT2D eigenvalue weighted by Crippen LogP contribution is 2.27. The third-order valence-electron chi connectivity index (χ3n) is 2.50. The zero-order valence-corrected chi connectivity index (χ0v) is 11.9. The van der Waals surface area contributed by atoms with Gasteiger partial charge >= 0.3 is 0 Å². The van der Waals surface area contributed by atoms with E-state index in [2.05, 4.69) is 5.32 Å². The first-order chi connectivity index (χ1) is 9.30. The van der Waals surface area contributed by atoms with Crippen molar-refractivity contribution in [2.75, 3.05) is 47.1 Å². The fraction of sp³-hybridized carbons (Fsp3) is 0.571. The molecule has 0 aliphatic heterocycles. The van der Waals surface area contributed by atoms with Gasteiger partial charge in [0, 0.05) is 37.9 Å². The number of ether oxygens (including phenoxy) is 4. The van der Waals surface area contributed by atoms with Crippen molar-refractivity contribution in [3.8, 4) is 17.2 Å². The fourth-order valence-electron chi connectivity index (χ4n) is 1.52. The molecule has 19 heavy (non-hydrogen) atoms. The lowest BCUT2D eigenvalue weighted by Gasteiger charge is -2.10. The van der Waals surface area contributed by atoms with Crippen LogP contribution in [0.15, 0.2) is 18.2 Å². The van der Waals surface area contributed by atoms with Crippen LogP contribution < -0.4 is 19.5 Å². The summed E-state index contributed by atoms with van der Waals surface area (Å²) in [6, 6.07) is 5.48. The van der Waals surface area contributed by atoms with Crippen molar-refractivity contribution < 1.29 is 18.9 Å². The molecule has 0 saturated carbocycles. The predicted octanol–water partition coefficient (Wildman–Crippen LogP) is 1.71. The van der Waals surface area contributed by atoms with Gasteiger partial charge in [-0.05, 0) is 6.92 Å². The van der Waals surface area contributed by atoms with Crippen molar-refractivity contribution in [1.29, 1.82) is 0 Å². The summed E-state index contributed by atoms with van der Waals surface area (Å²) >= 11 is 0. The normalized spacial score (nSPS) is 10.3. The van der Waals surface area contributed by atoms with E-state index in [1.54, 1.807) is 14.2 Å². The highest BCUT2D eigenvalue weighted by Gasteiger charge is 2.02. The standard InChI is InChI=1S/C14H23NO4/c1-4-18-7-5-15-6-8-19-14-10-12(16-2)9-13(11-14)17-3/h9-11,15H,4-8H2,1-3H3.